The molecule has 2 atom stereocenters. The maximum Gasteiger partial charge on any atom is 0.247 e. The van der Waals surface area contributed by atoms with Crippen LogP contribution in [-0.2, 0) is 23.1 Å². The van der Waals surface area contributed by atoms with Crippen molar-refractivity contribution in [2.75, 3.05) is 6.54 Å². The smallest absolute Gasteiger partial charge is 0.247 e. The Morgan fingerprint density at radius 3 is 2.85 bits per heavy atom. The van der Waals surface area contributed by atoms with E-state index < -0.39 is 0 Å². The Bertz CT molecular complexity index is 497. The van der Waals surface area contributed by atoms with Gasteiger partial charge >= 0.3 is 0 Å². The van der Waals surface area contributed by atoms with Crippen molar-refractivity contribution in [1.29, 1.82) is 0 Å². The van der Waals surface area contributed by atoms with Crippen LogP contribution in [0.15, 0.2) is 12.4 Å². The third-order valence-corrected chi connectivity index (χ3v) is 3.78. The van der Waals surface area contributed by atoms with E-state index in [2.05, 4.69) is 10.4 Å². The molecule has 2 rings (SSSR count). The first-order valence-electron chi connectivity index (χ1n) is 7.09. The number of likely N-dealkylation sites (tertiary alicyclic amines) is 1. The van der Waals surface area contributed by atoms with Gasteiger partial charge in [0.2, 0.25) is 11.8 Å². The van der Waals surface area contributed by atoms with Gasteiger partial charge in [-0.1, -0.05) is 6.92 Å². The maximum atomic E-state index is 12.2. The summed E-state index contributed by atoms with van der Waals surface area (Å²) in [4.78, 5) is 25.5. The normalized spacial score (nSPS) is 20.8. The average Bonchev–Trinajstić information content (AvgIpc) is 2.94. The van der Waals surface area contributed by atoms with Gasteiger partial charge in [0.25, 0.3) is 0 Å². The Morgan fingerprint density at radius 2 is 2.25 bits per heavy atom. The molecule has 1 saturated heterocycles. The maximum absolute atomic E-state index is 12.2. The minimum atomic E-state index is -0.367. The summed E-state index contributed by atoms with van der Waals surface area (Å²) < 4.78 is 1.75. The van der Waals surface area contributed by atoms with Crippen LogP contribution in [-0.4, -0.2) is 45.1 Å². The summed E-state index contributed by atoms with van der Waals surface area (Å²) in [5.41, 5.74) is 1.12. The van der Waals surface area contributed by atoms with Crippen LogP contribution in [0.2, 0.25) is 0 Å². The van der Waals surface area contributed by atoms with Crippen molar-refractivity contribution >= 4 is 11.8 Å². The third-order valence-electron chi connectivity index (χ3n) is 3.78. The van der Waals surface area contributed by atoms with Crippen molar-refractivity contribution in [3.05, 3.63) is 18.0 Å². The van der Waals surface area contributed by atoms with E-state index >= 15 is 0 Å². The van der Waals surface area contributed by atoms with Gasteiger partial charge in [0.15, 0.2) is 0 Å². The number of imide groups is 1. The molecule has 1 aliphatic heterocycles. The minimum absolute atomic E-state index is 0.0138. The highest BCUT2D eigenvalue weighted by atomic mass is 16.2. The highest BCUT2D eigenvalue weighted by Gasteiger charge is 2.40. The first-order chi connectivity index (χ1) is 9.52. The first-order valence-corrected chi connectivity index (χ1v) is 7.09. The number of carbonyl (C=O) groups excluding carboxylic acids is 2. The fourth-order valence-corrected chi connectivity index (χ4v) is 2.45. The number of nitrogens with one attached hydrogen (secondary N) is 1. The van der Waals surface area contributed by atoms with Crippen molar-refractivity contribution in [2.24, 2.45) is 7.05 Å². The molecule has 1 aromatic heterocycles. The molecule has 1 aromatic rings. The van der Waals surface area contributed by atoms with Gasteiger partial charge in [-0.25, -0.2) is 0 Å². The van der Waals surface area contributed by atoms with Crippen molar-refractivity contribution in [3.8, 4) is 0 Å². The minimum Gasteiger partial charge on any atom is -0.305 e. The predicted molar refractivity (Wildman–Crippen MR) is 74.9 cm³/mol. The van der Waals surface area contributed by atoms with Gasteiger partial charge in [0.05, 0.1) is 18.7 Å². The number of rotatable bonds is 6. The second-order valence-corrected chi connectivity index (χ2v) is 5.34. The molecule has 1 aliphatic rings. The number of nitrogens with zero attached hydrogens (tertiary/aromatic N) is 3. The third kappa shape index (κ3) is 3.07. The summed E-state index contributed by atoms with van der Waals surface area (Å²) in [6, 6.07) is -0.381. The summed E-state index contributed by atoms with van der Waals surface area (Å²) in [7, 11) is 1.88. The topological polar surface area (TPSA) is 67.2 Å². The second kappa shape index (κ2) is 6.17. The predicted octanol–water partition coefficient (Wildman–Crippen LogP) is 0.478. The molecule has 0 spiro atoms. The van der Waals surface area contributed by atoms with E-state index in [1.807, 2.05) is 33.3 Å². The van der Waals surface area contributed by atoms with Crippen LogP contribution < -0.4 is 5.32 Å². The molecule has 2 unspecified atom stereocenters. The molecular weight excluding hydrogens is 256 g/mol. The SMILES string of the molecule is CCC(C)N1C(=O)CC(NCCc2cnn(C)c2)C1=O. The van der Waals surface area contributed by atoms with E-state index in [-0.39, 0.29) is 30.3 Å². The first kappa shape index (κ1) is 14.7. The van der Waals surface area contributed by atoms with Gasteiger partial charge in [-0.05, 0) is 25.3 Å². The number of carbonyl (C=O) groups is 2. The lowest BCUT2D eigenvalue weighted by atomic mass is 10.2. The zero-order chi connectivity index (χ0) is 14.7. The van der Waals surface area contributed by atoms with E-state index in [1.54, 1.807) is 4.68 Å². The van der Waals surface area contributed by atoms with Crippen LogP contribution in [0, 0.1) is 0 Å². The van der Waals surface area contributed by atoms with Crippen molar-refractivity contribution in [3.63, 3.8) is 0 Å². The summed E-state index contributed by atoms with van der Waals surface area (Å²) in [5, 5.41) is 7.28. The lowest BCUT2D eigenvalue weighted by molar-refractivity contribution is -0.141. The fourth-order valence-electron chi connectivity index (χ4n) is 2.45. The zero-order valence-corrected chi connectivity index (χ0v) is 12.3. The standard InChI is InChI=1S/C14H22N4O2/c1-4-10(2)18-13(19)7-12(14(18)20)15-6-5-11-8-16-17(3)9-11/h8-10,12,15H,4-7H2,1-3H3. The number of aryl methyl sites for hydroxylation is 1. The molecule has 0 bridgehead atoms. The Balaban J connectivity index is 1.85. The lowest BCUT2D eigenvalue weighted by Gasteiger charge is -2.21. The Hall–Kier alpha value is -1.69. The van der Waals surface area contributed by atoms with Crippen molar-refractivity contribution < 1.29 is 9.59 Å². The number of hydrogen-bond donors (Lipinski definition) is 1. The molecule has 1 fully saturated rings. The van der Waals surface area contributed by atoms with Gasteiger partial charge in [-0.2, -0.15) is 5.10 Å². The van der Waals surface area contributed by atoms with E-state index in [4.69, 9.17) is 0 Å². The van der Waals surface area contributed by atoms with E-state index in [9.17, 15) is 9.59 Å². The van der Waals surface area contributed by atoms with Gasteiger partial charge in [-0.15, -0.1) is 0 Å². The molecule has 0 aliphatic carbocycles. The van der Waals surface area contributed by atoms with E-state index in [0.29, 0.717) is 6.54 Å². The molecule has 2 heterocycles. The molecular formula is C14H22N4O2. The number of hydrogen-bond acceptors (Lipinski definition) is 4. The zero-order valence-electron chi connectivity index (χ0n) is 12.3. The lowest BCUT2D eigenvalue weighted by Crippen LogP contribution is -2.43. The van der Waals surface area contributed by atoms with Crippen LogP contribution in [0.4, 0.5) is 0 Å². The number of amides is 2. The van der Waals surface area contributed by atoms with Crippen LogP contribution in [0.25, 0.3) is 0 Å². The van der Waals surface area contributed by atoms with Gasteiger partial charge < -0.3 is 5.32 Å². The second-order valence-electron chi connectivity index (χ2n) is 5.34. The quantitative estimate of drug-likeness (QED) is 0.769. The van der Waals surface area contributed by atoms with E-state index in [1.165, 1.54) is 4.90 Å². The monoisotopic (exact) mass is 278 g/mol. The van der Waals surface area contributed by atoms with Gasteiger partial charge in [-0.3, -0.25) is 19.2 Å². The molecule has 0 aromatic carbocycles. The molecule has 0 saturated carbocycles. The summed E-state index contributed by atoms with van der Waals surface area (Å²) in [6.45, 7) is 4.56. The molecule has 1 N–H and O–H groups in total. The van der Waals surface area contributed by atoms with Gasteiger partial charge in [0, 0.05) is 25.8 Å². The average molecular weight is 278 g/mol. The molecule has 6 nitrogen and oxygen atoms in total. The van der Waals surface area contributed by atoms with Crippen molar-refractivity contribution in [2.45, 2.75) is 45.2 Å². The molecule has 0 radical (unpaired) electrons. The van der Waals surface area contributed by atoms with Crippen LogP contribution in [0.1, 0.15) is 32.3 Å². The molecule has 2 amide bonds. The van der Waals surface area contributed by atoms with Crippen LogP contribution >= 0.6 is 0 Å². The van der Waals surface area contributed by atoms with Crippen LogP contribution in [0.5, 0.6) is 0 Å². The Labute approximate surface area is 119 Å². The molecule has 110 valence electrons. The molecule has 6 heteroatoms. The summed E-state index contributed by atoms with van der Waals surface area (Å²) in [5.74, 6) is -0.154. The molecule has 20 heavy (non-hydrogen) atoms. The summed E-state index contributed by atoms with van der Waals surface area (Å²) >= 11 is 0. The largest absolute Gasteiger partial charge is 0.305 e. The highest BCUT2D eigenvalue weighted by Crippen LogP contribution is 2.17. The fraction of sp³-hybridized carbons (Fsp3) is 0.643. The highest BCUT2D eigenvalue weighted by molar-refractivity contribution is 6.05. The van der Waals surface area contributed by atoms with E-state index in [0.717, 1.165) is 18.4 Å². The Morgan fingerprint density at radius 1 is 1.50 bits per heavy atom. The van der Waals surface area contributed by atoms with Crippen LogP contribution in [0.3, 0.4) is 0 Å². The Kier molecular flexibility index (Phi) is 4.54. The van der Waals surface area contributed by atoms with Gasteiger partial charge in [0.1, 0.15) is 0 Å². The van der Waals surface area contributed by atoms with Crippen molar-refractivity contribution in [1.82, 2.24) is 20.0 Å². The summed E-state index contributed by atoms with van der Waals surface area (Å²) in [6.07, 6.45) is 5.63. The number of aromatic nitrogens is 2.